The number of rotatable bonds is 4. The average Bonchev–Trinajstić information content (AvgIpc) is 2.37. The normalized spacial score (nSPS) is 10.3. The second-order valence-corrected chi connectivity index (χ2v) is 5.48. The van der Waals surface area contributed by atoms with Gasteiger partial charge >= 0.3 is 0 Å². The molecule has 0 bridgehead atoms. The zero-order valence-corrected chi connectivity index (χ0v) is 13.4. The number of hydrogen-bond donors (Lipinski definition) is 1. The molecule has 0 radical (unpaired) electrons. The maximum Gasteiger partial charge on any atom is 0.213 e. The third-order valence-corrected chi connectivity index (χ3v) is 3.55. The van der Waals surface area contributed by atoms with Crippen LogP contribution in [0.15, 0.2) is 39.3 Å². The Morgan fingerprint density at radius 2 is 1.89 bits per heavy atom. The van der Waals surface area contributed by atoms with E-state index in [4.69, 9.17) is 15.2 Å². The molecule has 0 aliphatic heterocycles. The van der Waals surface area contributed by atoms with Crippen LogP contribution in [0.5, 0.6) is 11.6 Å². The largest absolute Gasteiger partial charge is 0.485 e. The molecule has 0 saturated heterocycles. The van der Waals surface area contributed by atoms with Gasteiger partial charge in [0.2, 0.25) is 5.88 Å². The van der Waals surface area contributed by atoms with Crippen LogP contribution >= 0.6 is 31.9 Å². The Hall–Kier alpha value is -1.27. The third-order valence-electron chi connectivity index (χ3n) is 2.38. The Balaban J connectivity index is 2.14. The number of nitrogens with zero attached hydrogens (tertiary/aromatic N) is 1. The van der Waals surface area contributed by atoms with E-state index in [0.29, 0.717) is 23.9 Å². The van der Waals surface area contributed by atoms with Crippen molar-refractivity contribution < 1.29 is 9.47 Å². The number of benzene rings is 1. The van der Waals surface area contributed by atoms with Crippen LogP contribution < -0.4 is 15.2 Å². The molecule has 2 N–H and O–H groups in total. The minimum atomic E-state index is 0.346. The first kappa shape index (κ1) is 14.1. The van der Waals surface area contributed by atoms with E-state index in [1.165, 1.54) is 0 Å². The Kier molecular flexibility index (Phi) is 4.66. The number of methoxy groups -OCH3 is 1. The molecule has 19 heavy (non-hydrogen) atoms. The van der Waals surface area contributed by atoms with Crippen molar-refractivity contribution >= 4 is 37.5 Å². The Bertz CT molecular complexity index is 568. The number of hydrogen-bond acceptors (Lipinski definition) is 4. The molecule has 0 fully saturated rings. The van der Waals surface area contributed by atoms with Crippen LogP contribution in [0, 0.1) is 0 Å². The molecule has 4 nitrogen and oxygen atoms in total. The Morgan fingerprint density at radius 1 is 1.21 bits per heavy atom. The summed E-state index contributed by atoms with van der Waals surface area (Å²) in [5, 5.41) is 0. The summed E-state index contributed by atoms with van der Waals surface area (Å²) in [5.74, 6) is 1.26. The summed E-state index contributed by atoms with van der Waals surface area (Å²) >= 11 is 6.84. The molecule has 0 amide bonds. The minimum Gasteiger partial charge on any atom is -0.485 e. The van der Waals surface area contributed by atoms with Gasteiger partial charge in [0.25, 0.3) is 0 Å². The van der Waals surface area contributed by atoms with Crippen LogP contribution in [0.2, 0.25) is 0 Å². The maximum absolute atomic E-state index is 5.74. The van der Waals surface area contributed by atoms with Crippen LogP contribution in [0.4, 0.5) is 5.69 Å². The van der Waals surface area contributed by atoms with E-state index in [9.17, 15) is 0 Å². The highest BCUT2D eigenvalue weighted by atomic mass is 79.9. The number of aromatic nitrogens is 1. The van der Waals surface area contributed by atoms with Crippen LogP contribution in [0.3, 0.4) is 0 Å². The van der Waals surface area contributed by atoms with E-state index in [1.807, 2.05) is 12.1 Å². The molecule has 1 aromatic heterocycles. The molecule has 1 heterocycles. The number of nitrogens with two attached hydrogens (primary N) is 1. The highest BCUT2D eigenvalue weighted by Crippen LogP contribution is 2.36. The predicted octanol–water partition coefficient (Wildman–Crippen LogP) is 3.78. The fraction of sp³-hybridized carbons (Fsp3) is 0.154. The number of nitrogen functional groups attached to an aromatic ring is 1. The standard InChI is InChI=1S/C13H12Br2N2O2/c1-18-12-4-2-3-9(17-12)7-19-13-10(14)5-8(16)6-11(13)15/h2-6H,7,16H2,1H3. The number of ether oxygens (including phenoxy) is 2. The van der Waals surface area contributed by atoms with Gasteiger partial charge in [-0.05, 0) is 50.1 Å². The summed E-state index contributed by atoms with van der Waals surface area (Å²) in [4.78, 5) is 4.28. The van der Waals surface area contributed by atoms with E-state index >= 15 is 0 Å². The lowest BCUT2D eigenvalue weighted by atomic mass is 10.3. The molecule has 0 atom stereocenters. The van der Waals surface area contributed by atoms with Crippen LogP contribution in [0.25, 0.3) is 0 Å². The van der Waals surface area contributed by atoms with Crippen LogP contribution in [-0.4, -0.2) is 12.1 Å². The molecule has 6 heteroatoms. The van der Waals surface area contributed by atoms with Gasteiger partial charge in [-0.3, -0.25) is 0 Å². The summed E-state index contributed by atoms with van der Waals surface area (Å²) in [6.07, 6.45) is 0. The highest BCUT2D eigenvalue weighted by molar-refractivity contribution is 9.11. The molecule has 100 valence electrons. The average molecular weight is 388 g/mol. The smallest absolute Gasteiger partial charge is 0.213 e. The molecule has 0 spiro atoms. The van der Waals surface area contributed by atoms with E-state index in [2.05, 4.69) is 36.8 Å². The third kappa shape index (κ3) is 3.61. The highest BCUT2D eigenvalue weighted by Gasteiger charge is 2.09. The van der Waals surface area contributed by atoms with Crippen molar-refractivity contribution in [1.29, 1.82) is 0 Å². The summed E-state index contributed by atoms with van der Waals surface area (Å²) in [6, 6.07) is 9.12. The van der Waals surface area contributed by atoms with Gasteiger partial charge in [-0.25, -0.2) is 4.98 Å². The van der Waals surface area contributed by atoms with Gasteiger partial charge in [0.15, 0.2) is 0 Å². The molecule has 0 aliphatic carbocycles. The van der Waals surface area contributed by atoms with Crippen molar-refractivity contribution in [3.63, 3.8) is 0 Å². The molecule has 0 aliphatic rings. The first-order chi connectivity index (χ1) is 9.10. The summed E-state index contributed by atoms with van der Waals surface area (Å²) < 4.78 is 12.4. The van der Waals surface area contributed by atoms with Gasteiger partial charge < -0.3 is 15.2 Å². The first-order valence-electron chi connectivity index (χ1n) is 5.47. The van der Waals surface area contributed by atoms with E-state index in [-0.39, 0.29) is 0 Å². The number of anilines is 1. The molecule has 2 aromatic rings. The maximum atomic E-state index is 5.74. The summed E-state index contributed by atoms with van der Waals surface area (Å²) in [7, 11) is 1.58. The Labute approximate surface area is 128 Å². The zero-order valence-electron chi connectivity index (χ0n) is 10.2. The van der Waals surface area contributed by atoms with Crippen molar-refractivity contribution in [1.82, 2.24) is 4.98 Å². The van der Waals surface area contributed by atoms with Gasteiger partial charge in [-0.2, -0.15) is 0 Å². The van der Waals surface area contributed by atoms with E-state index in [1.54, 1.807) is 25.3 Å². The number of pyridine rings is 1. The molecular formula is C13H12Br2N2O2. The predicted molar refractivity (Wildman–Crippen MR) is 81.4 cm³/mol. The molecule has 1 aromatic carbocycles. The zero-order chi connectivity index (χ0) is 13.8. The van der Waals surface area contributed by atoms with E-state index in [0.717, 1.165) is 14.6 Å². The van der Waals surface area contributed by atoms with Gasteiger partial charge in [0, 0.05) is 11.8 Å². The molecule has 0 unspecified atom stereocenters. The molecular weight excluding hydrogens is 376 g/mol. The van der Waals surface area contributed by atoms with Gasteiger partial charge in [0.05, 0.1) is 21.7 Å². The SMILES string of the molecule is COc1cccc(COc2c(Br)cc(N)cc2Br)n1. The molecule has 2 rings (SSSR count). The lowest BCUT2D eigenvalue weighted by Gasteiger charge is -2.11. The van der Waals surface area contributed by atoms with Crippen molar-refractivity contribution in [3.8, 4) is 11.6 Å². The second kappa shape index (κ2) is 6.25. The van der Waals surface area contributed by atoms with Crippen LogP contribution in [0.1, 0.15) is 5.69 Å². The second-order valence-electron chi connectivity index (χ2n) is 3.77. The van der Waals surface area contributed by atoms with E-state index < -0.39 is 0 Å². The first-order valence-corrected chi connectivity index (χ1v) is 7.06. The molecule has 0 saturated carbocycles. The van der Waals surface area contributed by atoms with Gasteiger partial charge in [-0.1, -0.05) is 6.07 Å². The number of halogens is 2. The minimum absolute atomic E-state index is 0.346. The fourth-order valence-corrected chi connectivity index (χ4v) is 2.97. The lowest BCUT2D eigenvalue weighted by molar-refractivity contribution is 0.294. The summed E-state index contributed by atoms with van der Waals surface area (Å²) in [5.41, 5.74) is 7.17. The fourth-order valence-electron chi connectivity index (χ4n) is 1.52. The van der Waals surface area contributed by atoms with Crippen LogP contribution in [-0.2, 0) is 6.61 Å². The van der Waals surface area contributed by atoms with Gasteiger partial charge in [0.1, 0.15) is 12.4 Å². The quantitative estimate of drug-likeness (QED) is 0.811. The Morgan fingerprint density at radius 3 is 2.53 bits per heavy atom. The van der Waals surface area contributed by atoms with Crippen molar-refractivity contribution in [2.75, 3.05) is 12.8 Å². The van der Waals surface area contributed by atoms with Crippen molar-refractivity contribution in [2.24, 2.45) is 0 Å². The van der Waals surface area contributed by atoms with Gasteiger partial charge in [-0.15, -0.1) is 0 Å². The van der Waals surface area contributed by atoms with Crippen molar-refractivity contribution in [2.45, 2.75) is 6.61 Å². The topological polar surface area (TPSA) is 57.4 Å². The monoisotopic (exact) mass is 386 g/mol. The van der Waals surface area contributed by atoms with Crippen molar-refractivity contribution in [3.05, 3.63) is 45.0 Å². The lowest BCUT2D eigenvalue weighted by Crippen LogP contribution is -2.01. The summed E-state index contributed by atoms with van der Waals surface area (Å²) in [6.45, 7) is 0.346.